The van der Waals surface area contributed by atoms with Gasteiger partial charge in [0.25, 0.3) is 0 Å². The first-order chi connectivity index (χ1) is 10.1. The Morgan fingerprint density at radius 3 is 2.57 bits per heavy atom. The Hall–Kier alpha value is -2.49. The molecule has 0 N–H and O–H groups in total. The number of amides is 2. The van der Waals surface area contributed by atoms with E-state index < -0.39 is 0 Å². The van der Waals surface area contributed by atoms with Crippen molar-refractivity contribution in [3.05, 3.63) is 59.8 Å². The minimum Gasteiger partial charge on any atom is -0.274 e. The van der Waals surface area contributed by atoms with E-state index in [1.807, 2.05) is 49.4 Å². The maximum absolute atomic E-state index is 12.5. The minimum atomic E-state index is -0.290. The molecular weight excluding hydrogens is 264 g/mol. The number of aryl methyl sites for hydroxylation is 1. The molecule has 2 heterocycles. The SMILES string of the molecule is Cc1cccc(N2C(=O)C[C@@H](Cc3ccccc3)C2=O)n1. The van der Waals surface area contributed by atoms with Crippen molar-refractivity contribution in [2.24, 2.45) is 5.92 Å². The molecule has 0 aliphatic carbocycles. The summed E-state index contributed by atoms with van der Waals surface area (Å²) in [6, 6.07) is 15.1. The Balaban J connectivity index is 1.82. The third-order valence-corrected chi connectivity index (χ3v) is 3.67. The number of imide groups is 1. The van der Waals surface area contributed by atoms with Crippen LogP contribution >= 0.6 is 0 Å². The molecular formula is C17H16N2O2. The summed E-state index contributed by atoms with van der Waals surface area (Å²) in [5.41, 5.74) is 1.86. The van der Waals surface area contributed by atoms with Gasteiger partial charge in [-0.15, -0.1) is 0 Å². The fourth-order valence-corrected chi connectivity index (χ4v) is 2.65. The van der Waals surface area contributed by atoms with Gasteiger partial charge in [0, 0.05) is 12.1 Å². The highest BCUT2D eigenvalue weighted by molar-refractivity contribution is 6.20. The first-order valence-corrected chi connectivity index (χ1v) is 6.99. The third-order valence-electron chi connectivity index (χ3n) is 3.67. The van der Waals surface area contributed by atoms with Gasteiger partial charge in [-0.25, -0.2) is 9.88 Å². The van der Waals surface area contributed by atoms with Gasteiger partial charge in [0.2, 0.25) is 11.8 Å². The van der Waals surface area contributed by atoms with Gasteiger partial charge in [0.15, 0.2) is 0 Å². The largest absolute Gasteiger partial charge is 0.274 e. The molecule has 1 aliphatic heterocycles. The van der Waals surface area contributed by atoms with Crippen LogP contribution < -0.4 is 4.90 Å². The molecule has 4 heteroatoms. The summed E-state index contributed by atoms with van der Waals surface area (Å²) in [7, 11) is 0. The smallest absolute Gasteiger partial charge is 0.238 e. The average Bonchev–Trinajstić information content (AvgIpc) is 2.74. The van der Waals surface area contributed by atoms with E-state index in [1.165, 1.54) is 4.90 Å². The minimum absolute atomic E-state index is 0.151. The normalized spacial score (nSPS) is 18.3. The van der Waals surface area contributed by atoms with E-state index in [1.54, 1.807) is 6.07 Å². The quantitative estimate of drug-likeness (QED) is 0.812. The number of benzene rings is 1. The molecule has 0 bridgehead atoms. The van der Waals surface area contributed by atoms with Crippen molar-refractivity contribution in [1.82, 2.24) is 4.98 Å². The molecule has 1 aromatic heterocycles. The highest BCUT2D eigenvalue weighted by Crippen LogP contribution is 2.27. The van der Waals surface area contributed by atoms with Crippen LogP contribution in [-0.2, 0) is 16.0 Å². The van der Waals surface area contributed by atoms with Gasteiger partial charge >= 0.3 is 0 Å². The molecule has 1 saturated heterocycles. The standard InChI is InChI=1S/C17H16N2O2/c1-12-6-5-9-15(18-12)19-16(20)11-14(17(19)21)10-13-7-3-2-4-8-13/h2-9,14H,10-11H2,1H3/t14-/m1/s1. The third kappa shape index (κ3) is 2.70. The topological polar surface area (TPSA) is 50.3 Å². The molecule has 106 valence electrons. The first kappa shape index (κ1) is 13.5. The molecule has 0 radical (unpaired) electrons. The predicted molar refractivity (Wildman–Crippen MR) is 79.7 cm³/mol. The summed E-state index contributed by atoms with van der Waals surface area (Å²) < 4.78 is 0. The lowest BCUT2D eigenvalue weighted by molar-refractivity contribution is -0.122. The van der Waals surface area contributed by atoms with Crippen molar-refractivity contribution >= 4 is 17.6 Å². The van der Waals surface area contributed by atoms with Crippen molar-refractivity contribution < 1.29 is 9.59 Å². The van der Waals surface area contributed by atoms with Crippen LogP contribution in [0.3, 0.4) is 0 Å². The first-order valence-electron chi connectivity index (χ1n) is 6.99. The summed E-state index contributed by atoms with van der Waals surface area (Å²) >= 11 is 0. The molecule has 4 nitrogen and oxygen atoms in total. The van der Waals surface area contributed by atoms with Crippen molar-refractivity contribution in [2.45, 2.75) is 19.8 Å². The molecule has 0 unspecified atom stereocenters. The summed E-state index contributed by atoms with van der Waals surface area (Å²) in [5, 5.41) is 0. The zero-order chi connectivity index (χ0) is 14.8. The van der Waals surface area contributed by atoms with E-state index in [-0.39, 0.29) is 24.2 Å². The lowest BCUT2D eigenvalue weighted by atomic mass is 9.98. The van der Waals surface area contributed by atoms with Crippen LogP contribution in [0.5, 0.6) is 0 Å². The van der Waals surface area contributed by atoms with Gasteiger partial charge in [-0.1, -0.05) is 36.4 Å². The second-order valence-electron chi connectivity index (χ2n) is 5.30. The van der Waals surface area contributed by atoms with Gasteiger partial charge in [0.05, 0.1) is 5.92 Å². The Kier molecular flexibility index (Phi) is 3.52. The van der Waals surface area contributed by atoms with E-state index in [9.17, 15) is 9.59 Å². The molecule has 2 amide bonds. The lowest BCUT2D eigenvalue weighted by Gasteiger charge is -2.14. The number of carbonyl (C=O) groups is 2. The van der Waals surface area contributed by atoms with Crippen LogP contribution in [0.1, 0.15) is 17.7 Å². The number of hydrogen-bond acceptors (Lipinski definition) is 3. The summed E-state index contributed by atoms with van der Waals surface area (Å²) in [5.74, 6) is -0.177. The Morgan fingerprint density at radius 2 is 1.86 bits per heavy atom. The average molecular weight is 280 g/mol. The van der Waals surface area contributed by atoms with Crippen LogP contribution in [0.4, 0.5) is 5.82 Å². The summed E-state index contributed by atoms with van der Waals surface area (Å²) in [4.78, 5) is 30.2. The monoisotopic (exact) mass is 280 g/mol. The number of hydrogen-bond donors (Lipinski definition) is 0. The highest BCUT2D eigenvalue weighted by atomic mass is 16.2. The molecule has 1 aliphatic rings. The van der Waals surface area contributed by atoms with E-state index >= 15 is 0 Å². The summed E-state index contributed by atoms with van der Waals surface area (Å²) in [6.07, 6.45) is 0.844. The fourth-order valence-electron chi connectivity index (χ4n) is 2.65. The zero-order valence-corrected chi connectivity index (χ0v) is 11.8. The number of aromatic nitrogens is 1. The number of anilines is 1. The molecule has 3 rings (SSSR count). The van der Waals surface area contributed by atoms with Crippen molar-refractivity contribution in [3.63, 3.8) is 0 Å². The number of pyridine rings is 1. The van der Waals surface area contributed by atoms with E-state index in [0.717, 1.165) is 11.3 Å². The molecule has 0 saturated carbocycles. The lowest BCUT2D eigenvalue weighted by Crippen LogP contribution is -2.31. The van der Waals surface area contributed by atoms with E-state index in [0.29, 0.717) is 12.2 Å². The molecule has 0 spiro atoms. The van der Waals surface area contributed by atoms with Gasteiger partial charge in [-0.2, -0.15) is 0 Å². The molecule has 1 aromatic carbocycles. The molecule has 21 heavy (non-hydrogen) atoms. The molecule has 1 fully saturated rings. The maximum atomic E-state index is 12.5. The van der Waals surface area contributed by atoms with Crippen LogP contribution in [0, 0.1) is 12.8 Å². The Morgan fingerprint density at radius 1 is 1.10 bits per heavy atom. The van der Waals surface area contributed by atoms with Gasteiger partial charge in [0.1, 0.15) is 5.82 Å². The number of nitrogens with zero attached hydrogens (tertiary/aromatic N) is 2. The van der Waals surface area contributed by atoms with E-state index in [4.69, 9.17) is 0 Å². The Bertz CT molecular complexity index is 682. The number of rotatable bonds is 3. The van der Waals surface area contributed by atoms with Gasteiger partial charge < -0.3 is 0 Å². The second kappa shape index (κ2) is 5.48. The molecule has 1 atom stereocenters. The van der Waals surface area contributed by atoms with Crippen LogP contribution in [0.15, 0.2) is 48.5 Å². The van der Waals surface area contributed by atoms with Gasteiger partial charge in [-0.05, 0) is 31.0 Å². The summed E-state index contributed by atoms with van der Waals surface area (Å²) in [6.45, 7) is 1.84. The highest BCUT2D eigenvalue weighted by Gasteiger charge is 2.39. The second-order valence-corrected chi connectivity index (χ2v) is 5.30. The zero-order valence-electron chi connectivity index (χ0n) is 11.8. The number of carbonyl (C=O) groups excluding carboxylic acids is 2. The van der Waals surface area contributed by atoms with Crippen LogP contribution in [-0.4, -0.2) is 16.8 Å². The Labute approximate surface area is 123 Å². The van der Waals surface area contributed by atoms with Crippen molar-refractivity contribution in [3.8, 4) is 0 Å². The van der Waals surface area contributed by atoms with Crippen LogP contribution in [0.25, 0.3) is 0 Å². The van der Waals surface area contributed by atoms with Crippen molar-refractivity contribution in [2.75, 3.05) is 4.90 Å². The fraction of sp³-hybridized carbons (Fsp3) is 0.235. The molecule has 2 aromatic rings. The van der Waals surface area contributed by atoms with Crippen LogP contribution in [0.2, 0.25) is 0 Å². The van der Waals surface area contributed by atoms with Crippen molar-refractivity contribution in [1.29, 1.82) is 0 Å². The predicted octanol–water partition coefficient (Wildman–Crippen LogP) is 2.51. The van der Waals surface area contributed by atoms with E-state index in [2.05, 4.69) is 4.98 Å². The van der Waals surface area contributed by atoms with Gasteiger partial charge in [-0.3, -0.25) is 9.59 Å². The maximum Gasteiger partial charge on any atom is 0.238 e.